The van der Waals surface area contributed by atoms with Gasteiger partial charge in [-0.2, -0.15) is 13.2 Å². The molecule has 0 spiro atoms. The van der Waals surface area contributed by atoms with Crippen molar-refractivity contribution in [2.75, 3.05) is 12.1 Å². The van der Waals surface area contributed by atoms with Crippen LogP contribution in [0.25, 0.3) is 0 Å². The molecule has 2 N–H and O–H groups in total. The quantitative estimate of drug-likeness (QED) is 0.431. The topological polar surface area (TPSA) is 105 Å². The lowest BCUT2D eigenvalue weighted by atomic mass is 10.1. The first kappa shape index (κ1) is 21.9. The molecule has 0 aliphatic carbocycles. The van der Waals surface area contributed by atoms with Crippen molar-refractivity contribution in [2.24, 2.45) is 0 Å². The number of hydrogen-bond acceptors (Lipinski definition) is 5. The summed E-state index contributed by atoms with van der Waals surface area (Å²) in [5.74, 6) is -1.73. The van der Waals surface area contributed by atoms with Gasteiger partial charge in [0.25, 0.3) is 11.6 Å². The number of nitro benzene ring substituents is 1. The van der Waals surface area contributed by atoms with E-state index in [-0.39, 0.29) is 16.3 Å². The predicted molar refractivity (Wildman–Crippen MR) is 93.9 cm³/mol. The van der Waals surface area contributed by atoms with E-state index >= 15 is 0 Å². The molecule has 8 nitrogen and oxygen atoms in total. The number of urea groups is 1. The van der Waals surface area contributed by atoms with Crippen molar-refractivity contribution >= 4 is 34.9 Å². The fraction of sp³-hybridized carbons (Fsp3) is 0.125. The maximum atomic E-state index is 13.1. The van der Waals surface area contributed by atoms with Crippen molar-refractivity contribution < 1.29 is 32.1 Å². The van der Waals surface area contributed by atoms with Crippen LogP contribution >= 0.6 is 11.6 Å². The van der Waals surface area contributed by atoms with Gasteiger partial charge in [-0.3, -0.25) is 25.2 Å². The van der Waals surface area contributed by atoms with Gasteiger partial charge in [0.1, 0.15) is 11.5 Å². The minimum absolute atomic E-state index is 0.144. The average Bonchev–Trinajstić information content (AvgIpc) is 2.62. The van der Waals surface area contributed by atoms with Gasteiger partial charge in [-0.05, 0) is 30.3 Å². The maximum absolute atomic E-state index is 13.1. The Balaban J connectivity index is 2.15. The minimum atomic E-state index is -4.80. The number of nitrogens with one attached hydrogen (secondary N) is 2. The molecular formula is C16H11ClF4N4O4. The number of alkyl halides is 3. The summed E-state index contributed by atoms with van der Waals surface area (Å²) >= 11 is 5.54. The molecule has 154 valence electrons. The molecule has 0 saturated heterocycles. The molecule has 0 aromatic heterocycles. The highest BCUT2D eigenvalue weighted by atomic mass is 35.5. The van der Waals surface area contributed by atoms with E-state index in [0.717, 1.165) is 36.3 Å². The summed E-state index contributed by atoms with van der Waals surface area (Å²) in [6.07, 6.45) is -4.80. The van der Waals surface area contributed by atoms with Gasteiger partial charge in [0.2, 0.25) is 0 Å². The number of amides is 3. The number of anilines is 1. The van der Waals surface area contributed by atoms with Crippen LogP contribution in [-0.2, 0) is 6.18 Å². The standard InChI is InChI=1S/C16H11ClF4N4O4/c1-24(12-5-3-9(16(19,20)21)7-13(12)25(28)29)23-15(27)22-14(26)8-2-4-11(18)10(17)6-8/h2-7H,1H3,(H2,22,23,26,27). The summed E-state index contributed by atoms with van der Waals surface area (Å²) in [7, 11) is 1.12. The third-order valence-corrected chi connectivity index (χ3v) is 3.83. The Bertz CT molecular complexity index is 984. The predicted octanol–water partition coefficient (Wildman–Crippen LogP) is 3.90. The maximum Gasteiger partial charge on any atom is 0.416 e. The minimum Gasteiger partial charge on any atom is -0.281 e. The SMILES string of the molecule is CN(NC(=O)NC(=O)c1ccc(F)c(Cl)c1)c1ccc(C(F)(F)F)cc1[N+](=O)[O-]. The molecule has 13 heteroatoms. The second kappa shape index (κ2) is 8.31. The van der Waals surface area contributed by atoms with Gasteiger partial charge >= 0.3 is 12.2 Å². The fourth-order valence-corrected chi connectivity index (χ4v) is 2.36. The third-order valence-electron chi connectivity index (χ3n) is 3.54. The molecule has 0 radical (unpaired) electrons. The van der Waals surface area contributed by atoms with Crippen molar-refractivity contribution in [3.63, 3.8) is 0 Å². The lowest BCUT2D eigenvalue weighted by molar-refractivity contribution is -0.384. The molecule has 0 heterocycles. The fourth-order valence-electron chi connectivity index (χ4n) is 2.18. The average molecular weight is 435 g/mol. The van der Waals surface area contributed by atoms with E-state index in [4.69, 9.17) is 11.6 Å². The van der Waals surface area contributed by atoms with Crippen molar-refractivity contribution in [1.29, 1.82) is 0 Å². The first-order valence-corrected chi connectivity index (χ1v) is 7.94. The van der Waals surface area contributed by atoms with Crippen LogP contribution in [0, 0.1) is 15.9 Å². The van der Waals surface area contributed by atoms with Gasteiger partial charge in [-0.25, -0.2) is 14.6 Å². The van der Waals surface area contributed by atoms with Crippen LogP contribution in [0.3, 0.4) is 0 Å². The zero-order chi connectivity index (χ0) is 21.9. The Hall–Kier alpha value is -3.41. The van der Waals surface area contributed by atoms with Crippen molar-refractivity contribution in [3.05, 3.63) is 68.5 Å². The number of hydrazine groups is 1. The first-order valence-electron chi connectivity index (χ1n) is 7.56. The number of halogens is 5. The molecule has 0 unspecified atom stereocenters. The molecule has 0 atom stereocenters. The summed E-state index contributed by atoms with van der Waals surface area (Å²) in [4.78, 5) is 33.9. The number of carbonyl (C=O) groups is 2. The molecule has 0 aliphatic rings. The summed E-state index contributed by atoms with van der Waals surface area (Å²) < 4.78 is 51.4. The Morgan fingerprint density at radius 3 is 2.38 bits per heavy atom. The van der Waals surface area contributed by atoms with Crippen molar-refractivity contribution in [1.82, 2.24) is 10.7 Å². The zero-order valence-electron chi connectivity index (χ0n) is 14.4. The number of hydrogen-bond donors (Lipinski definition) is 2. The van der Waals surface area contributed by atoms with Crippen molar-refractivity contribution in [3.8, 4) is 0 Å². The van der Waals surface area contributed by atoms with Gasteiger partial charge in [-0.1, -0.05) is 11.6 Å². The zero-order valence-corrected chi connectivity index (χ0v) is 15.1. The van der Waals surface area contributed by atoms with Gasteiger partial charge in [0.05, 0.1) is 15.5 Å². The highest BCUT2D eigenvalue weighted by Gasteiger charge is 2.33. The lowest BCUT2D eigenvalue weighted by Gasteiger charge is -2.20. The van der Waals surface area contributed by atoms with E-state index in [1.807, 2.05) is 10.7 Å². The second-order valence-corrected chi connectivity index (χ2v) is 5.95. The molecule has 0 bridgehead atoms. The van der Waals surface area contributed by atoms with Crippen LogP contribution in [0.5, 0.6) is 0 Å². The van der Waals surface area contributed by atoms with Crippen LogP contribution in [0.4, 0.5) is 33.7 Å². The summed E-state index contributed by atoms with van der Waals surface area (Å²) in [6.45, 7) is 0. The molecule has 0 saturated carbocycles. The number of rotatable bonds is 4. The first-order chi connectivity index (χ1) is 13.4. The molecule has 3 amide bonds. The van der Waals surface area contributed by atoms with Crippen LogP contribution < -0.4 is 15.8 Å². The van der Waals surface area contributed by atoms with Crippen LogP contribution in [0.1, 0.15) is 15.9 Å². The Kier molecular flexibility index (Phi) is 6.27. The molecular weight excluding hydrogens is 424 g/mol. The van der Waals surface area contributed by atoms with Crippen LogP contribution in [0.2, 0.25) is 5.02 Å². The Labute approximate surface area is 165 Å². The number of benzene rings is 2. The Morgan fingerprint density at radius 2 is 1.83 bits per heavy atom. The van der Waals surface area contributed by atoms with E-state index in [2.05, 4.69) is 0 Å². The molecule has 0 fully saturated rings. The van der Waals surface area contributed by atoms with Gasteiger partial charge in [-0.15, -0.1) is 0 Å². The Morgan fingerprint density at radius 1 is 1.17 bits per heavy atom. The number of nitrogens with zero attached hydrogens (tertiary/aromatic N) is 2. The normalized spacial score (nSPS) is 11.0. The van der Waals surface area contributed by atoms with Crippen LogP contribution in [-0.4, -0.2) is 23.9 Å². The largest absolute Gasteiger partial charge is 0.416 e. The highest BCUT2D eigenvalue weighted by Crippen LogP contribution is 2.35. The van der Waals surface area contributed by atoms with E-state index in [1.165, 1.54) is 0 Å². The van der Waals surface area contributed by atoms with Crippen molar-refractivity contribution in [2.45, 2.75) is 6.18 Å². The second-order valence-electron chi connectivity index (χ2n) is 5.54. The molecule has 2 aromatic rings. The van der Waals surface area contributed by atoms with E-state index in [0.29, 0.717) is 12.1 Å². The molecule has 0 aliphatic heterocycles. The molecule has 2 rings (SSSR count). The van der Waals surface area contributed by atoms with E-state index in [1.54, 1.807) is 0 Å². The summed E-state index contributed by atoms with van der Waals surface area (Å²) in [5.41, 5.74) is -0.622. The van der Waals surface area contributed by atoms with Gasteiger partial charge < -0.3 is 0 Å². The monoisotopic (exact) mass is 434 g/mol. The molecule has 29 heavy (non-hydrogen) atoms. The van der Waals surface area contributed by atoms with Gasteiger partial charge in [0, 0.05) is 18.7 Å². The summed E-state index contributed by atoms with van der Waals surface area (Å²) in [5, 5.41) is 13.4. The van der Waals surface area contributed by atoms with E-state index in [9.17, 15) is 37.3 Å². The number of nitro groups is 1. The third kappa shape index (κ3) is 5.31. The van der Waals surface area contributed by atoms with E-state index < -0.39 is 40.1 Å². The van der Waals surface area contributed by atoms with Crippen LogP contribution in [0.15, 0.2) is 36.4 Å². The van der Waals surface area contributed by atoms with Gasteiger partial charge in [0.15, 0.2) is 0 Å². The smallest absolute Gasteiger partial charge is 0.281 e. The lowest BCUT2D eigenvalue weighted by Crippen LogP contribution is -2.47. The number of imide groups is 1. The number of carbonyl (C=O) groups excluding carboxylic acids is 2. The molecule has 2 aromatic carbocycles. The summed E-state index contributed by atoms with van der Waals surface area (Å²) in [6, 6.07) is 3.52. The highest BCUT2D eigenvalue weighted by molar-refractivity contribution is 6.31.